The van der Waals surface area contributed by atoms with Gasteiger partial charge in [-0.25, -0.2) is 5.21 Å². The number of nitrogens with zero attached hydrogens (tertiary/aromatic N) is 3. The van der Waals surface area contributed by atoms with E-state index in [1.165, 1.54) is 12.1 Å². The van der Waals surface area contributed by atoms with Crippen LogP contribution in [0, 0.1) is 5.21 Å². The van der Waals surface area contributed by atoms with Gasteiger partial charge in [0.15, 0.2) is 5.69 Å². The molecule has 0 spiro atoms. The van der Waals surface area contributed by atoms with E-state index < -0.39 is 11.3 Å². The van der Waals surface area contributed by atoms with Crippen LogP contribution in [0.25, 0.3) is 11.4 Å². The largest absolute Gasteiger partial charge is 0.595 e. The lowest BCUT2D eigenvalue weighted by Crippen LogP contribution is -2.99. The maximum absolute atomic E-state index is 11.2. The van der Waals surface area contributed by atoms with E-state index in [2.05, 4.69) is 10.1 Å². The molecule has 3 atom stereocenters. The molecular weight excluding hydrogens is 368 g/mol. The van der Waals surface area contributed by atoms with Gasteiger partial charge < -0.3 is 24.4 Å². The fourth-order valence-electron chi connectivity index (χ4n) is 3.38. The smallest absolute Gasteiger partial charge is 0.244 e. The van der Waals surface area contributed by atoms with Crippen LogP contribution in [-0.2, 0) is 13.2 Å². The van der Waals surface area contributed by atoms with Crippen LogP contribution < -0.4 is 5.23 Å². The second-order valence-corrected chi connectivity index (χ2v) is 6.70. The number of aromatic nitrogens is 2. The van der Waals surface area contributed by atoms with Crippen molar-refractivity contribution in [2.24, 2.45) is 0 Å². The predicted molar refractivity (Wildman–Crippen MR) is 93.9 cm³/mol. The van der Waals surface area contributed by atoms with E-state index in [-0.39, 0.29) is 18.3 Å². The molecule has 0 radical (unpaired) electrons. The van der Waals surface area contributed by atoms with Gasteiger partial charge >= 0.3 is 0 Å². The van der Waals surface area contributed by atoms with Crippen molar-refractivity contribution in [2.75, 3.05) is 6.54 Å². The molecule has 148 valence electrons. The molecule has 3 aromatic rings. The van der Waals surface area contributed by atoms with Gasteiger partial charge in [-0.1, -0.05) is 17.3 Å². The molecule has 4 rings (SSSR count). The van der Waals surface area contributed by atoms with Crippen molar-refractivity contribution < 1.29 is 29.6 Å². The highest BCUT2D eigenvalue weighted by Gasteiger charge is 2.36. The second-order valence-electron chi connectivity index (χ2n) is 6.70. The molecule has 10 nitrogen and oxygen atoms in total. The van der Waals surface area contributed by atoms with Crippen LogP contribution in [0.5, 0.6) is 0 Å². The molecule has 3 heterocycles. The van der Waals surface area contributed by atoms with Gasteiger partial charge in [0.25, 0.3) is 0 Å². The standard InChI is InChI=1S/C18H20N4O6/c23-10-15-5-4-14(27-15)9-21-8-13(24)7-16(21)18-19-17(20-28-18)11-2-1-3-12(6-11)22(25)26/h1-6,13,16,22-25H,7-10H2. The Kier molecular flexibility index (Phi) is 5.22. The number of β-amino-alcohol motifs (C(OH)–C–C–N with tert-alkyl or cyclic N) is 1. The third kappa shape index (κ3) is 3.83. The molecular formula is C18H20N4O6. The highest BCUT2D eigenvalue weighted by molar-refractivity contribution is 5.58. The second kappa shape index (κ2) is 7.80. The minimum atomic E-state index is -1.03. The van der Waals surface area contributed by atoms with E-state index in [1.807, 2.05) is 4.90 Å². The van der Waals surface area contributed by atoms with Crippen LogP contribution in [0.15, 0.2) is 45.3 Å². The van der Waals surface area contributed by atoms with Gasteiger partial charge in [0.1, 0.15) is 18.1 Å². The zero-order valence-corrected chi connectivity index (χ0v) is 14.9. The van der Waals surface area contributed by atoms with Crippen LogP contribution in [0.2, 0.25) is 0 Å². The summed E-state index contributed by atoms with van der Waals surface area (Å²) < 4.78 is 10.9. The van der Waals surface area contributed by atoms with E-state index in [0.29, 0.717) is 48.3 Å². The number of hydrogen-bond donors (Lipinski definition) is 4. The topological polar surface area (TPSA) is 143 Å². The predicted octanol–water partition coefficient (Wildman–Crippen LogP) is 0.533. The highest BCUT2D eigenvalue weighted by Crippen LogP contribution is 2.34. The average molecular weight is 388 g/mol. The quantitative estimate of drug-likeness (QED) is 0.445. The summed E-state index contributed by atoms with van der Waals surface area (Å²) in [6, 6.07) is 9.50. The number of aliphatic hydroxyl groups excluding tert-OH is 2. The Hall–Kier alpha value is -2.60. The summed E-state index contributed by atoms with van der Waals surface area (Å²) in [6.45, 7) is 0.675. The molecule has 1 aliphatic rings. The molecule has 3 unspecified atom stereocenters. The van der Waals surface area contributed by atoms with Gasteiger partial charge in [-0.2, -0.15) is 10.2 Å². The first kappa shape index (κ1) is 18.7. The first-order valence-corrected chi connectivity index (χ1v) is 8.81. The van der Waals surface area contributed by atoms with Crippen molar-refractivity contribution >= 4 is 5.69 Å². The normalized spacial score (nSPS) is 21.3. The Bertz CT molecular complexity index is 940. The molecule has 1 fully saturated rings. The van der Waals surface area contributed by atoms with Crippen molar-refractivity contribution in [3.05, 3.63) is 59.0 Å². The lowest BCUT2D eigenvalue weighted by Gasteiger charge is -2.19. The molecule has 4 N–H and O–H groups in total. The lowest BCUT2D eigenvalue weighted by molar-refractivity contribution is -0.991. The zero-order valence-electron chi connectivity index (χ0n) is 14.9. The number of nitrogens with one attached hydrogen (secondary N) is 1. The van der Waals surface area contributed by atoms with Crippen LogP contribution in [0.3, 0.4) is 0 Å². The summed E-state index contributed by atoms with van der Waals surface area (Å²) in [5.41, 5.74) is 0.679. The van der Waals surface area contributed by atoms with Gasteiger partial charge in [-0.3, -0.25) is 4.90 Å². The molecule has 1 saturated heterocycles. The van der Waals surface area contributed by atoms with E-state index in [0.717, 1.165) is 0 Å². The van der Waals surface area contributed by atoms with Crippen molar-refractivity contribution in [2.45, 2.75) is 31.7 Å². The minimum Gasteiger partial charge on any atom is -0.595 e. The Labute approximate surface area is 159 Å². The number of furan rings is 1. The molecule has 28 heavy (non-hydrogen) atoms. The maximum atomic E-state index is 11.2. The third-order valence-corrected chi connectivity index (χ3v) is 4.71. The summed E-state index contributed by atoms with van der Waals surface area (Å²) in [7, 11) is 0. The van der Waals surface area contributed by atoms with Gasteiger partial charge in [-0.05, 0) is 18.6 Å². The van der Waals surface area contributed by atoms with E-state index >= 15 is 0 Å². The third-order valence-electron chi connectivity index (χ3n) is 4.71. The summed E-state index contributed by atoms with van der Waals surface area (Å²) in [6.07, 6.45) is -0.104. The van der Waals surface area contributed by atoms with E-state index in [9.17, 15) is 10.3 Å². The van der Waals surface area contributed by atoms with Crippen molar-refractivity contribution in [1.82, 2.24) is 15.0 Å². The summed E-state index contributed by atoms with van der Waals surface area (Å²) in [4.78, 5) is 6.38. The number of rotatable bonds is 6. The monoisotopic (exact) mass is 388 g/mol. The first-order chi connectivity index (χ1) is 13.5. The Balaban J connectivity index is 1.55. The lowest BCUT2D eigenvalue weighted by atomic mass is 10.2. The number of benzene rings is 1. The van der Waals surface area contributed by atoms with Crippen LogP contribution in [0.1, 0.15) is 29.9 Å². The van der Waals surface area contributed by atoms with Gasteiger partial charge in [0.2, 0.25) is 11.7 Å². The van der Waals surface area contributed by atoms with Crippen molar-refractivity contribution in [3.63, 3.8) is 0 Å². The summed E-state index contributed by atoms with van der Waals surface area (Å²) in [5, 5.41) is 42.5. The number of aliphatic hydroxyl groups is 2. The number of quaternary nitrogens is 1. The first-order valence-electron chi connectivity index (χ1n) is 8.81. The van der Waals surface area contributed by atoms with Crippen molar-refractivity contribution in [3.8, 4) is 11.4 Å². The molecule has 0 amide bonds. The molecule has 0 aliphatic carbocycles. The summed E-state index contributed by atoms with van der Waals surface area (Å²) in [5.74, 6) is 1.78. The maximum Gasteiger partial charge on any atom is 0.244 e. The van der Waals surface area contributed by atoms with Gasteiger partial charge in [0.05, 0.1) is 18.7 Å². The van der Waals surface area contributed by atoms with Crippen molar-refractivity contribution in [1.29, 1.82) is 0 Å². The van der Waals surface area contributed by atoms with Crippen LogP contribution >= 0.6 is 0 Å². The van der Waals surface area contributed by atoms with Gasteiger partial charge in [0, 0.05) is 24.2 Å². The number of hydrogen-bond acceptors (Lipinski definition) is 9. The van der Waals surface area contributed by atoms with Crippen LogP contribution in [0.4, 0.5) is 5.69 Å². The number of likely N-dealkylation sites (tertiary alicyclic amines) is 1. The Morgan fingerprint density at radius 3 is 2.82 bits per heavy atom. The van der Waals surface area contributed by atoms with E-state index in [4.69, 9.17) is 19.3 Å². The highest BCUT2D eigenvalue weighted by atomic mass is 16.8. The average Bonchev–Trinajstić information content (AvgIpc) is 3.42. The fourth-order valence-corrected chi connectivity index (χ4v) is 3.38. The fraction of sp³-hybridized carbons (Fsp3) is 0.333. The molecule has 1 aromatic carbocycles. The van der Waals surface area contributed by atoms with Crippen LogP contribution in [-0.4, -0.2) is 43.1 Å². The van der Waals surface area contributed by atoms with E-state index in [1.54, 1.807) is 24.3 Å². The molecule has 2 aromatic heterocycles. The molecule has 1 aliphatic heterocycles. The summed E-state index contributed by atoms with van der Waals surface area (Å²) >= 11 is 0. The molecule has 10 heteroatoms. The SMILES string of the molecule is [O-][NH+](O)c1cccc(-c2noc(C3CC(O)CN3Cc3ccc(CO)o3)n2)c1. The van der Waals surface area contributed by atoms with Gasteiger partial charge in [-0.15, -0.1) is 0 Å². The molecule has 0 saturated carbocycles. The Morgan fingerprint density at radius 1 is 1.25 bits per heavy atom. The Morgan fingerprint density at radius 2 is 2.07 bits per heavy atom. The zero-order chi connectivity index (χ0) is 19.7. The minimum absolute atomic E-state index is 0.138. The molecule has 0 bridgehead atoms.